The molecule has 2 N–H and O–H groups in total. The Kier molecular flexibility index (Phi) is 4.93. The zero-order valence-corrected chi connectivity index (χ0v) is 13.2. The van der Waals surface area contributed by atoms with Crippen molar-refractivity contribution in [3.63, 3.8) is 0 Å². The molecule has 0 aliphatic carbocycles. The number of carbonyl (C=O) groups excluding carboxylic acids is 1. The predicted molar refractivity (Wildman–Crippen MR) is 91.0 cm³/mol. The van der Waals surface area contributed by atoms with Crippen molar-refractivity contribution in [3.8, 4) is 0 Å². The van der Waals surface area contributed by atoms with Crippen LogP contribution in [0.5, 0.6) is 0 Å². The van der Waals surface area contributed by atoms with Crippen LogP contribution in [0.1, 0.15) is 28.8 Å². The van der Waals surface area contributed by atoms with Crippen LogP contribution < -0.4 is 5.73 Å². The molecule has 1 aliphatic heterocycles. The normalized spacial score (nSPS) is 16.2. The van der Waals surface area contributed by atoms with E-state index >= 15 is 0 Å². The van der Waals surface area contributed by atoms with Crippen LogP contribution in [0.4, 0.5) is 5.69 Å². The molecule has 0 radical (unpaired) electrons. The Morgan fingerprint density at radius 2 is 1.83 bits per heavy atom. The second-order valence-electron chi connectivity index (χ2n) is 5.99. The Hall–Kier alpha value is -2.33. The lowest BCUT2D eigenvalue weighted by molar-refractivity contribution is 0.0104. The van der Waals surface area contributed by atoms with Crippen LogP contribution in [0.3, 0.4) is 0 Å². The van der Waals surface area contributed by atoms with Gasteiger partial charge in [0.2, 0.25) is 0 Å². The van der Waals surface area contributed by atoms with Crippen LogP contribution >= 0.6 is 0 Å². The van der Waals surface area contributed by atoms with Gasteiger partial charge in [-0.05, 0) is 42.7 Å². The zero-order chi connectivity index (χ0) is 16.1. The van der Waals surface area contributed by atoms with E-state index in [-0.39, 0.29) is 12.1 Å². The van der Waals surface area contributed by atoms with Crippen LogP contribution in [0.2, 0.25) is 0 Å². The number of ether oxygens (including phenoxy) is 1. The molecule has 1 fully saturated rings. The Morgan fingerprint density at radius 3 is 2.52 bits per heavy atom. The summed E-state index contributed by atoms with van der Waals surface area (Å²) in [6, 6.07) is 17.2. The average molecular weight is 310 g/mol. The molecule has 23 heavy (non-hydrogen) atoms. The molecule has 2 aromatic rings. The number of hydrogen-bond acceptors (Lipinski definition) is 4. The summed E-state index contributed by atoms with van der Waals surface area (Å²) < 4.78 is 5.61. The van der Waals surface area contributed by atoms with E-state index in [1.807, 2.05) is 36.4 Å². The van der Waals surface area contributed by atoms with Crippen LogP contribution in [0.15, 0.2) is 54.6 Å². The van der Waals surface area contributed by atoms with Crippen LogP contribution in [0, 0.1) is 0 Å². The van der Waals surface area contributed by atoms with E-state index in [1.54, 1.807) is 12.1 Å². The molecule has 4 nitrogen and oxygen atoms in total. The minimum atomic E-state index is -0.222. The van der Waals surface area contributed by atoms with Crippen molar-refractivity contribution in [2.45, 2.75) is 25.5 Å². The minimum absolute atomic E-state index is 0.0137. The molecule has 120 valence electrons. The molecule has 0 unspecified atom stereocenters. The molecule has 0 saturated carbocycles. The summed E-state index contributed by atoms with van der Waals surface area (Å²) in [7, 11) is 0. The fourth-order valence-electron chi connectivity index (χ4n) is 2.93. The van der Waals surface area contributed by atoms with Crippen molar-refractivity contribution >= 4 is 11.7 Å². The molecule has 1 heterocycles. The van der Waals surface area contributed by atoms with E-state index in [4.69, 9.17) is 10.5 Å². The van der Waals surface area contributed by atoms with E-state index < -0.39 is 0 Å². The highest BCUT2D eigenvalue weighted by molar-refractivity contribution is 5.89. The highest BCUT2D eigenvalue weighted by Crippen LogP contribution is 2.18. The molecule has 0 bridgehead atoms. The first kappa shape index (κ1) is 15.6. The standard InChI is InChI=1S/C19H22N2O2/c20-17-8-4-5-15(13-17)14-21-11-9-18(10-12-21)23-19(22)16-6-2-1-3-7-16/h1-8,13,18H,9-12,14,20H2. The van der Waals surface area contributed by atoms with Crippen molar-refractivity contribution in [2.24, 2.45) is 0 Å². The number of rotatable bonds is 4. The highest BCUT2D eigenvalue weighted by Gasteiger charge is 2.22. The summed E-state index contributed by atoms with van der Waals surface area (Å²) >= 11 is 0. The molecule has 4 heteroatoms. The van der Waals surface area contributed by atoms with Gasteiger partial charge in [0.15, 0.2) is 0 Å². The largest absolute Gasteiger partial charge is 0.459 e. The summed E-state index contributed by atoms with van der Waals surface area (Å²) in [5.74, 6) is -0.222. The third-order valence-corrected chi connectivity index (χ3v) is 4.18. The number of nitrogens with zero attached hydrogens (tertiary/aromatic N) is 1. The molecule has 0 aromatic heterocycles. The smallest absolute Gasteiger partial charge is 0.338 e. The van der Waals surface area contributed by atoms with Gasteiger partial charge >= 0.3 is 5.97 Å². The summed E-state index contributed by atoms with van der Waals surface area (Å²) in [4.78, 5) is 14.4. The van der Waals surface area contributed by atoms with Gasteiger partial charge in [-0.1, -0.05) is 30.3 Å². The van der Waals surface area contributed by atoms with E-state index in [2.05, 4.69) is 11.0 Å². The van der Waals surface area contributed by atoms with Crippen molar-refractivity contribution in [2.75, 3.05) is 18.8 Å². The molecule has 3 rings (SSSR count). The van der Waals surface area contributed by atoms with Crippen molar-refractivity contribution in [3.05, 3.63) is 65.7 Å². The van der Waals surface area contributed by atoms with Gasteiger partial charge in [0, 0.05) is 25.3 Å². The summed E-state index contributed by atoms with van der Waals surface area (Å²) in [5.41, 5.74) is 8.47. The SMILES string of the molecule is Nc1cccc(CN2CCC(OC(=O)c3ccccc3)CC2)c1. The lowest BCUT2D eigenvalue weighted by atomic mass is 10.1. The van der Waals surface area contributed by atoms with E-state index in [9.17, 15) is 4.79 Å². The topological polar surface area (TPSA) is 55.6 Å². The van der Waals surface area contributed by atoms with Gasteiger partial charge in [-0.2, -0.15) is 0 Å². The number of carbonyl (C=O) groups is 1. The van der Waals surface area contributed by atoms with Crippen LogP contribution in [-0.2, 0) is 11.3 Å². The molecule has 0 atom stereocenters. The summed E-state index contributed by atoms with van der Waals surface area (Å²) in [5, 5.41) is 0. The van der Waals surface area contributed by atoms with E-state index in [1.165, 1.54) is 5.56 Å². The van der Waals surface area contributed by atoms with Gasteiger partial charge in [-0.25, -0.2) is 4.79 Å². The van der Waals surface area contributed by atoms with Gasteiger partial charge in [-0.15, -0.1) is 0 Å². The second kappa shape index (κ2) is 7.29. The van der Waals surface area contributed by atoms with Crippen molar-refractivity contribution in [1.82, 2.24) is 4.90 Å². The Morgan fingerprint density at radius 1 is 1.09 bits per heavy atom. The third kappa shape index (κ3) is 4.33. The van der Waals surface area contributed by atoms with Gasteiger partial charge in [-0.3, -0.25) is 4.90 Å². The number of nitrogens with two attached hydrogens (primary N) is 1. The first-order chi connectivity index (χ1) is 11.2. The van der Waals surface area contributed by atoms with Crippen LogP contribution in [0.25, 0.3) is 0 Å². The van der Waals surface area contributed by atoms with Gasteiger partial charge in [0.1, 0.15) is 6.10 Å². The fraction of sp³-hybridized carbons (Fsp3) is 0.316. The quantitative estimate of drug-likeness (QED) is 0.696. The molecule has 2 aromatic carbocycles. The second-order valence-corrected chi connectivity index (χ2v) is 5.99. The number of nitrogen functional groups attached to an aromatic ring is 1. The summed E-state index contributed by atoms with van der Waals surface area (Å²) in [6.45, 7) is 2.76. The number of hydrogen-bond donors (Lipinski definition) is 1. The maximum atomic E-state index is 12.1. The first-order valence-corrected chi connectivity index (χ1v) is 8.03. The third-order valence-electron chi connectivity index (χ3n) is 4.18. The molecular formula is C19H22N2O2. The molecule has 1 saturated heterocycles. The molecule has 0 spiro atoms. The maximum Gasteiger partial charge on any atom is 0.338 e. The fourth-order valence-corrected chi connectivity index (χ4v) is 2.93. The first-order valence-electron chi connectivity index (χ1n) is 8.03. The van der Waals surface area contributed by atoms with Crippen LogP contribution in [-0.4, -0.2) is 30.1 Å². The Labute approximate surface area is 136 Å². The molecular weight excluding hydrogens is 288 g/mol. The number of piperidine rings is 1. The van der Waals surface area contributed by atoms with Gasteiger partial charge in [0.25, 0.3) is 0 Å². The van der Waals surface area contributed by atoms with Crippen molar-refractivity contribution in [1.29, 1.82) is 0 Å². The zero-order valence-electron chi connectivity index (χ0n) is 13.2. The predicted octanol–water partition coefficient (Wildman–Crippen LogP) is 3.09. The van der Waals surface area contributed by atoms with Gasteiger partial charge in [0.05, 0.1) is 5.56 Å². The molecule has 0 amide bonds. The number of likely N-dealkylation sites (tertiary alicyclic amines) is 1. The molecule has 1 aliphatic rings. The number of esters is 1. The number of benzene rings is 2. The average Bonchev–Trinajstić information content (AvgIpc) is 2.57. The van der Waals surface area contributed by atoms with E-state index in [0.29, 0.717) is 5.56 Å². The monoisotopic (exact) mass is 310 g/mol. The number of anilines is 1. The van der Waals surface area contributed by atoms with E-state index in [0.717, 1.165) is 38.2 Å². The van der Waals surface area contributed by atoms with Crippen molar-refractivity contribution < 1.29 is 9.53 Å². The lowest BCUT2D eigenvalue weighted by Crippen LogP contribution is -2.37. The highest BCUT2D eigenvalue weighted by atomic mass is 16.5. The maximum absolute atomic E-state index is 12.1. The Balaban J connectivity index is 1.48. The van der Waals surface area contributed by atoms with Gasteiger partial charge < -0.3 is 10.5 Å². The summed E-state index contributed by atoms with van der Waals surface area (Å²) in [6.07, 6.45) is 1.77. The Bertz CT molecular complexity index is 649. The minimum Gasteiger partial charge on any atom is -0.459 e. The lowest BCUT2D eigenvalue weighted by Gasteiger charge is -2.31.